The van der Waals surface area contributed by atoms with Gasteiger partial charge in [0.2, 0.25) is 5.91 Å². The molecule has 2 N–H and O–H groups in total. The Morgan fingerprint density at radius 2 is 2.10 bits per heavy atom. The van der Waals surface area contributed by atoms with Gasteiger partial charge in [-0.05, 0) is 55.7 Å². The van der Waals surface area contributed by atoms with Gasteiger partial charge in [-0.15, -0.1) is 0 Å². The van der Waals surface area contributed by atoms with Crippen molar-refractivity contribution < 1.29 is 9.59 Å². The van der Waals surface area contributed by atoms with Crippen molar-refractivity contribution in [2.75, 3.05) is 18.4 Å². The molecular weight excluding hydrogens is 366 g/mol. The maximum absolute atomic E-state index is 12.9. The number of amides is 2. The fourth-order valence-electron chi connectivity index (χ4n) is 3.61. The minimum Gasteiger partial charge on any atom is -0.337 e. The number of nitrogens with zero attached hydrogens (tertiary/aromatic N) is 3. The molecule has 1 atom stereocenters. The lowest BCUT2D eigenvalue weighted by molar-refractivity contribution is -0.121. The van der Waals surface area contributed by atoms with E-state index in [-0.39, 0.29) is 17.7 Å². The van der Waals surface area contributed by atoms with Crippen LogP contribution in [0, 0.1) is 12.8 Å². The average molecular weight is 389 g/mol. The number of aryl methyl sites for hydroxylation is 1. The molecule has 2 aromatic heterocycles. The van der Waals surface area contributed by atoms with Crippen molar-refractivity contribution in [2.45, 2.75) is 19.8 Å². The van der Waals surface area contributed by atoms with Gasteiger partial charge >= 0.3 is 0 Å². The van der Waals surface area contributed by atoms with Gasteiger partial charge in [0.25, 0.3) is 5.91 Å². The van der Waals surface area contributed by atoms with Crippen molar-refractivity contribution in [1.82, 2.24) is 20.1 Å². The fraction of sp³-hybridized carbons (Fsp3) is 0.273. The lowest BCUT2D eigenvalue weighted by Crippen LogP contribution is -2.43. The SMILES string of the molecule is Cc1cccc(NC(=O)[C@H]2CCCN(C(=O)c3cc(-c4cccnc4)n[nH]3)C2)c1. The van der Waals surface area contributed by atoms with E-state index in [1.807, 2.05) is 43.3 Å². The van der Waals surface area contributed by atoms with Crippen molar-refractivity contribution in [2.24, 2.45) is 5.92 Å². The lowest BCUT2D eigenvalue weighted by Gasteiger charge is -2.31. The number of aromatic amines is 1. The molecule has 0 unspecified atom stereocenters. The molecule has 3 aromatic rings. The summed E-state index contributed by atoms with van der Waals surface area (Å²) in [5.41, 5.74) is 3.81. The number of anilines is 1. The number of aromatic nitrogens is 3. The maximum Gasteiger partial charge on any atom is 0.271 e. The molecule has 4 rings (SSSR count). The topological polar surface area (TPSA) is 91.0 Å². The van der Waals surface area contributed by atoms with Crippen molar-refractivity contribution in [1.29, 1.82) is 0 Å². The zero-order valence-electron chi connectivity index (χ0n) is 16.3. The number of carbonyl (C=O) groups is 2. The summed E-state index contributed by atoms with van der Waals surface area (Å²) in [6, 6.07) is 13.2. The molecule has 7 nitrogen and oxygen atoms in total. The highest BCUT2D eigenvalue weighted by Gasteiger charge is 2.29. The zero-order chi connectivity index (χ0) is 20.2. The van der Waals surface area contributed by atoms with Gasteiger partial charge in [0, 0.05) is 36.7 Å². The first kappa shape index (κ1) is 18.9. The van der Waals surface area contributed by atoms with Gasteiger partial charge in [-0.25, -0.2) is 0 Å². The molecule has 0 bridgehead atoms. The number of nitrogens with one attached hydrogen (secondary N) is 2. The normalized spacial score (nSPS) is 16.4. The summed E-state index contributed by atoms with van der Waals surface area (Å²) < 4.78 is 0. The predicted molar refractivity (Wildman–Crippen MR) is 110 cm³/mol. The molecule has 2 amide bonds. The molecule has 0 aliphatic carbocycles. The van der Waals surface area contributed by atoms with Gasteiger partial charge < -0.3 is 10.2 Å². The van der Waals surface area contributed by atoms with Crippen LogP contribution >= 0.6 is 0 Å². The van der Waals surface area contributed by atoms with Gasteiger partial charge in [-0.1, -0.05) is 12.1 Å². The van der Waals surface area contributed by atoms with E-state index in [1.54, 1.807) is 23.4 Å². The second-order valence-electron chi connectivity index (χ2n) is 7.36. The summed E-state index contributed by atoms with van der Waals surface area (Å²) >= 11 is 0. The number of H-pyrrole nitrogens is 1. The zero-order valence-corrected chi connectivity index (χ0v) is 16.3. The molecule has 29 heavy (non-hydrogen) atoms. The summed E-state index contributed by atoms with van der Waals surface area (Å²) in [7, 11) is 0. The second-order valence-corrected chi connectivity index (χ2v) is 7.36. The van der Waals surface area contributed by atoms with Crippen LogP contribution in [0.2, 0.25) is 0 Å². The summed E-state index contributed by atoms with van der Waals surface area (Å²) in [6.07, 6.45) is 4.96. The number of pyridine rings is 1. The number of piperidine rings is 1. The Bertz CT molecular complexity index is 1010. The number of likely N-dealkylation sites (tertiary alicyclic amines) is 1. The number of rotatable bonds is 4. The number of carbonyl (C=O) groups excluding carboxylic acids is 2. The van der Waals surface area contributed by atoms with Gasteiger partial charge in [-0.2, -0.15) is 5.10 Å². The summed E-state index contributed by atoms with van der Waals surface area (Å²) in [6.45, 7) is 3.02. The number of hydrogen-bond donors (Lipinski definition) is 2. The van der Waals surface area contributed by atoms with E-state index in [0.717, 1.165) is 29.7 Å². The first-order chi connectivity index (χ1) is 14.1. The van der Waals surface area contributed by atoms with E-state index in [9.17, 15) is 9.59 Å². The van der Waals surface area contributed by atoms with Crippen LogP contribution in [0.25, 0.3) is 11.3 Å². The van der Waals surface area contributed by atoms with E-state index < -0.39 is 0 Å². The van der Waals surface area contributed by atoms with Crippen LogP contribution in [0.4, 0.5) is 5.69 Å². The van der Waals surface area contributed by atoms with E-state index in [0.29, 0.717) is 24.5 Å². The first-order valence-corrected chi connectivity index (χ1v) is 9.73. The Labute approximate surface area is 169 Å². The average Bonchev–Trinajstić information content (AvgIpc) is 3.24. The quantitative estimate of drug-likeness (QED) is 0.716. The van der Waals surface area contributed by atoms with E-state index in [4.69, 9.17) is 0 Å². The molecular formula is C22H23N5O2. The second kappa shape index (κ2) is 8.26. The van der Waals surface area contributed by atoms with Crippen molar-refractivity contribution in [3.05, 3.63) is 66.1 Å². The highest BCUT2D eigenvalue weighted by Crippen LogP contribution is 2.22. The van der Waals surface area contributed by atoms with E-state index >= 15 is 0 Å². The highest BCUT2D eigenvalue weighted by atomic mass is 16.2. The van der Waals surface area contributed by atoms with E-state index in [2.05, 4.69) is 20.5 Å². The van der Waals surface area contributed by atoms with E-state index in [1.165, 1.54) is 0 Å². The Balaban J connectivity index is 1.42. The van der Waals surface area contributed by atoms with Gasteiger partial charge in [0.1, 0.15) is 5.69 Å². The van der Waals surface area contributed by atoms with Crippen molar-refractivity contribution in [3.63, 3.8) is 0 Å². The third kappa shape index (κ3) is 4.34. The largest absolute Gasteiger partial charge is 0.337 e. The smallest absolute Gasteiger partial charge is 0.271 e. The molecule has 148 valence electrons. The molecule has 3 heterocycles. The lowest BCUT2D eigenvalue weighted by atomic mass is 9.96. The van der Waals surface area contributed by atoms with Crippen molar-refractivity contribution >= 4 is 17.5 Å². The molecule has 1 aliphatic rings. The molecule has 0 saturated carbocycles. The fourth-order valence-corrected chi connectivity index (χ4v) is 3.61. The van der Waals surface area contributed by atoms with Crippen LogP contribution in [-0.2, 0) is 4.79 Å². The minimum absolute atomic E-state index is 0.0474. The summed E-state index contributed by atoms with van der Waals surface area (Å²) in [5.74, 6) is -0.414. The molecule has 1 saturated heterocycles. The molecule has 1 fully saturated rings. The number of hydrogen-bond acceptors (Lipinski definition) is 4. The van der Waals surface area contributed by atoms with Gasteiger partial charge in [0.05, 0.1) is 11.6 Å². The predicted octanol–water partition coefficient (Wildman–Crippen LogP) is 3.27. The van der Waals surface area contributed by atoms with Gasteiger partial charge in [-0.3, -0.25) is 19.7 Å². The summed E-state index contributed by atoms with van der Waals surface area (Å²) in [5, 5.41) is 10.0. The van der Waals surface area contributed by atoms with Crippen LogP contribution in [0.1, 0.15) is 28.9 Å². The highest BCUT2D eigenvalue weighted by molar-refractivity contribution is 5.95. The Kier molecular flexibility index (Phi) is 5.37. The summed E-state index contributed by atoms with van der Waals surface area (Å²) in [4.78, 5) is 31.4. The minimum atomic E-state index is -0.228. The molecule has 7 heteroatoms. The van der Waals surface area contributed by atoms with Crippen LogP contribution in [0.5, 0.6) is 0 Å². The molecule has 0 radical (unpaired) electrons. The molecule has 1 aromatic carbocycles. The van der Waals surface area contributed by atoms with Crippen LogP contribution < -0.4 is 5.32 Å². The third-order valence-electron chi connectivity index (χ3n) is 5.13. The maximum atomic E-state index is 12.9. The standard InChI is InChI=1S/C22H23N5O2/c1-15-5-2-8-18(11-15)24-21(28)17-7-4-10-27(14-17)22(29)20-12-19(25-26-20)16-6-3-9-23-13-16/h2-3,5-6,8-9,11-13,17H,4,7,10,14H2,1H3,(H,24,28)(H,25,26)/t17-/m0/s1. The molecule has 0 spiro atoms. The Morgan fingerprint density at radius 1 is 1.21 bits per heavy atom. The Morgan fingerprint density at radius 3 is 2.90 bits per heavy atom. The number of benzene rings is 1. The first-order valence-electron chi connectivity index (χ1n) is 9.73. The van der Waals surface area contributed by atoms with Crippen molar-refractivity contribution in [3.8, 4) is 11.3 Å². The third-order valence-corrected chi connectivity index (χ3v) is 5.13. The van der Waals surface area contributed by atoms with Gasteiger partial charge in [0.15, 0.2) is 0 Å². The molecule has 1 aliphatic heterocycles. The monoisotopic (exact) mass is 389 g/mol. The van der Waals surface area contributed by atoms with Crippen LogP contribution in [0.3, 0.4) is 0 Å². The van der Waals surface area contributed by atoms with Crippen LogP contribution in [0.15, 0.2) is 54.9 Å². The van der Waals surface area contributed by atoms with Crippen LogP contribution in [-0.4, -0.2) is 45.0 Å². The Hall–Kier alpha value is -3.48.